The molecule has 2 aliphatic rings. The van der Waals surface area contributed by atoms with Crippen LogP contribution in [0.3, 0.4) is 0 Å². The van der Waals surface area contributed by atoms with Crippen molar-refractivity contribution in [3.8, 4) is 11.1 Å². The summed E-state index contributed by atoms with van der Waals surface area (Å²) >= 11 is 0. The molecule has 2 aromatic carbocycles. The highest BCUT2D eigenvalue weighted by Crippen LogP contribution is 2.41. The minimum absolute atomic E-state index is 0.0681. The van der Waals surface area contributed by atoms with E-state index in [2.05, 4.69) is 10.3 Å². The number of aryl methyl sites for hydroxylation is 1. The predicted octanol–water partition coefficient (Wildman–Crippen LogP) is 4.33. The number of hydrogen-bond donors (Lipinski definition) is 2. The van der Waals surface area contributed by atoms with Gasteiger partial charge in [-0.3, -0.25) is 9.59 Å². The lowest BCUT2D eigenvalue weighted by Gasteiger charge is -2.27. The van der Waals surface area contributed by atoms with Crippen LogP contribution >= 0.6 is 0 Å². The van der Waals surface area contributed by atoms with E-state index in [1.54, 1.807) is 24.3 Å². The molecule has 7 heteroatoms. The van der Waals surface area contributed by atoms with Crippen molar-refractivity contribution in [2.24, 2.45) is 0 Å². The molecule has 2 aliphatic heterocycles. The van der Waals surface area contributed by atoms with E-state index in [-0.39, 0.29) is 17.6 Å². The minimum Gasteiger partial charge on any atom is -0.378 e. The molecule has 0 atom stereocenters. The van der Waals surface area contributed by atoms with Crippen LogP contribution in [0.2, 0.25) is 0 Å². The fraction of sp³-hybridized carbons (Fsp3) is 0.259. The van der Waals surface area contributed by atoms with Gasteiger partial charge in [0.25, 0.3) is 5.91 Å². The maximum atomic E-state index is 14.6. The second kappa shape index (κ2) is 8.91. The molecule has 0 aliphatic carbocycles. The zero-order chi connectivity index (χ0) is 23.8. The Morgan fingerprint density at radius 3 is 2.59 bits per heavy atom. The van der Waals surface area contributed by atoms with Crippen molar-refractivity contribution in [1.82, 2.24) is 9.88 Å². The number of nitrogens with zero attached hydrogens (tertiary/aromatic N) is 1. The van der Waals surface area contributed by atoms with Crippen molar-refractivity contribution in [2.45, 2.75) is 20.3 Å². The lowest BCUT2D eigenvalue weighted by atomic mass is 9.93. The van der Waals surface area contributed by atoms with Crippen LogP contribution in [-0.4, -0.2) is 48.0 Å². The molecule has 2 N–H and O–H groups in total. The first kappa shape index (κ1) is 22.1. The van der Waals surface area contributed by atoms with Gasteiger partial charge in [0.1, 0.15) is 5.82 Å². The van der Waals surface area contributed by atoms with E-state index in [0.717, 1.165) is 22.5 Å². The van der Waals surface area contributed by atoms with E-state index in [0.29, 0.717) is 60.7 Å². The first-order valence-corrected chi connectivity index (χ1v) is 11.4. The normalized spacial score (nSPS) is 16.6. The topological polar surface area (TPSA) is 74.4 Å². The molecule has 0 bridgehead atoms. The molecule has 1 aromatic heterocycles. The molecular weight excluding hydrogens is 433 g/mol. The third kappa shape index (κ3) is 3.92. The van der Waals surface area contributed by atoms with Crippen LogP contribution < -0.4 is 5.32 Å². The number of ether oxygens (including phenoxy) is 1. The van der Waals surface area contributed by atoms with Crippen molar-refractivity contribution in [1.29, 1.82) is 0 Å². The Morgan fingerprint density at radius 1 is 1.09 bits per heavy atom. The summed E-state index contributed by atoms with van der Waals surface area (Å²) in [5.41, 5.74) is 6.41. The van der Waals surface area contributed by atoms with Crippen molar-refractivity contribution in [3.63, 3.8) is 0 Å². The van der Waals surface area contributed by atoms with Crippen LogP contribution in [0.5, 0.6) is 0 Å². The van der Waals surface area contributed by atoms with Gasteiger partial charge in [-0.25, -0.2) is 4.39 Å². The number of aromatic amines is 1. The van der Waals surface area contributed by atoms with Gasteiger partial charge < -0.3 is 19.9 Å². The van der Waals surface area contributed by atoms with Gasteiger partial charge in [-0.05, 0) is 48.7 Å². The van der Waals surface area contributed by atoms with Crippen LogP contribution in [0.4, 0.5) is 10.1 Å². The second-order valence-corrected chi connectivity index (χ2v) is 8.66. The number of fused-ring (bicyclic) bond motifs is 1. The van der Waals surface area contributed by atoms with Gasteiger partial charge in [0.15, 0.2) is 0 Å². The molecule has 3 aromatic rings. The van der Waals surface area contributed by atoms with Gasteiger partial charge in [0.05, 0.1) is 25.2 Å². The van der Waals surface area contributed by atoms with E-state index in [1.807, 2.05) is 36.9 Å². The number of anilines is 1. The summed E-state index contributed by atoms with van der Waals surface area (Å²) in [5.74, 6) is -0.514. The van der Waals surface area contributed by atoms with Gasteiger partial charge in [0, 0.05) is 41.3 Å². The number of morpholine rings is 1. The number of benzene rings is 2. The summed E-state index contributed by atoms with van der Waals surface area (Å²) in [6, 6.07) is 12.0. The van der Waals surface area contributed by atoms with E-state index in [9.17, 15) is 14.0 Å². The van der Waals surface area contributed by atoms with E-state index >= 15 is 0 Å². The second-order valence-electron chi connectivity index (χ2n) is 8.66. The Labute approximate surface area is 197 Å². The largest absolute Gasteiger partial charge is 0.378 e. The highest BCUT2D eigenvalue weighted by atomic mass is 19.1. The molecule has 0 spiro atoms. The smallest absolute Gasteiger partial charge is 0.256 e. The number of carbonyl (C=O) groups excluding carboxylic acids is 2. The van der Waals surface area contributed by atoms with Gasteiger partial charge in [-0.1, -0.05) is 30.3 Å². The molecule has 6 nitrogen and oxygen atoms in total. The lowest BCUT2D eigenvalue weighted by Crippen LogP contribution is -2.41. The third-order valence-corrected chi connectivity index (χ3v) is 6.60. The molecule has 2 amide bonds. The number of hydrogen-bond acceptors (Lipinski definition) is 3. The highest BCUT2D eigenvalue weighted by Gasteiger charge is 2.29. The van der Waals surface area contributed by atoms with Gasteiger partial charge in [0.2, 0.25) is 5.91 Å². The molecule has 5 rings (SSSR count). The maximum Gasteiger partial charge on any atom is 0.256 e. The van der Waals surface area contributed by atoms with Crippen LogP contribution in [0.25, 0.3) is 22.8 Å². The van der Waals surface area contributed by atoms with Crippen molar-refractivity contribution in [2.75, 3.05) is 31.6 Å². The van der Waals surface area contributed by atoms with Gasteiger partial charge in [-0.15, -0.1) is 0 Å². The summed E-state index contributed by atoms with van der Waals surface area (Å²) < 4.78 is 20.0. The number of halogens is 1. The zero-order valence-corrected chi connectivity index (χ0v) is 19.2. The number of nitrogens with one attached hydrogen (secondary N) is 2. The van der Waals surface area contributed by atoms with Crippen LogP contribution in [0, 0.1) is 19.7 Å². The molecule has 0 saturated carbocycles. The number of carbonyl (C=O) groups is 2. The molecule has 1 fully saturated rings. The average molecular weight is 460 g/mol. The summed E-state index contributed by atoms with van der Waals surface area (Å²) in [7, 11) is 0. The quantitative estimate of drug-likeness (QED) is 0.571. The predicted molar refractivity (Wildman–Crippen MR) is 130 cm³/mol. The summed E-state index contributed by atoms with van der Waals surface area (Å²) in [6.45, 7) is 6.22. The standard InChI is InChI=1S/C27H26FN3O3/c1-16-20(15-25(32)31-10-12-34-13-11-31)17(2)29-24(16)14-21-26-19(18-6-3-4-8-22(18)28)7-5-9-23(26)30-27(21)33/h3-9,14,29H,10-13,15H2,1-2H3,(H,30,33)/b21-14-. The zero-order valence-electron chi connectivity index (χ0n) is 19.2. The first-order chi connectivity index (χ1) is 16.4. The monoisotopic (exact) mass is 459 g/mol. The van der Waals surface area contributed by atoms with Crippen molar-refractivity contribution >= 4 is 29.2 Å². The summed E-state index contributed by atoms with van der Waals surface area (Å²) in [5, 5.41) is 2.90. The molecule has 1 saturated heterocycles. The number of amides is 2. The highest BCUT2D eigenvalue weighted by molar-refractivity contribution is 6.36. The van der Waals surface area contributed by atoms with E-state index in [1.165, 1.54) is 6.07 Å². The molecule has 0 radical (unpaired) electrons. The summed E-state index contributed by atoms with van der Waals surface area (Å²) in [4.78, 5) is 30.9. The Balaban J connectivity index is 1.52. The number of rotatable bonds is 4. The van der Waals surface area contributed by atoms with Crippen molar-refractivity contribution < 1.29 is 18.7 Å². The molecular formula is C27H26FN3O3. The Bertz CT molecular complexity index is 1320. The van der Waals surface area contributed by atoms with Crippen LogP contribution in [-0.2, 0) is 20.7 Å². The lowest BCUT2D eigenvalue weighted by molar-refractivity contribution is -0.134. The number of H-pyrrole nitrogens is 1. The van der Waals surface area contributed by atoms with Gasteiger partial charge >= 0.3 is 0 Å². The Kier molecular flexibility index (Phi) is 5.79. The fourth-order valence-corrected chi connectivity index (χ4v) is 4.74. The van der Waals surface area contributed by atoms with Crippen LogP contribution in [0.15, 0.2) is 42.5 Å². The Hall–Kier alpha value is -3.71. The summed E-state index contributed by atoms with van der Waals surface area (Å²) in [6.07, 6.45) is 2.09. The van der Waals surface area contributed by atoms with Crippen LogP contribution in [0.1, 0.15) is 28.1 Å². The SMILES string of the molecule is Cc1[nH]c(/C=C2\C(=O)Nc3cccc(-c4ccccc4F)c32)c(C)c1CC(=O)N1CCOCC1. The van der Waals surface area contributed by atoms with Gasteiger partial charge in [-0.2, -0.15) is 0 Å². The number of aromatic nitrogens is 1. The molecule has 174 valence electrons. The fourth-order valence-electron chi connectivity index (χ4n) is 4.74. The van der Waals surface area contributed by atoms with Crippen molar-refractivity contribution in [3.05, 3.63) is 76.4 Å². The first-order valence-electron chi connectivity index (χ1n) is 11.4. The molecule has 3 heterocycles. The molecule has 0 unspecified atom stereocenters. The van der Waals surface area contributed by atoms with E-state index < -0.39 is 0 Å². The Morgan fingerprint density at radius 2 is 1.82 bits per heavy atom. The third-order valence-electron chi connectivity index (χ3n) is 6.60. The van der Waals surface area contributed by atoms with E-state index in [4.69, 9.17) is 4.74 Å². The average Bonchev–Trinajstić information content (AvgIpc) is 3.30. The minimum atomic E-state index is -0.342. The maximum absolute atomic E-state index is 14.6. The molecule has 34 heavy (non-hydrogen) atoms.